The number of aliphatic imine (C=N–C) groups is 1. The quantitative estimate of drug-likeness (QED) is 0.00415. The first kappa shape index (κ1) is 82.5. The molecule has 22 nitrogen and oxygen atoms in total. The fourth-order valence-corrected chi connectivity index (χ4v) is 13.5. The predicted molar refractivity (Wildman–Crippen MR) is 428 cm³/mol. The molecule has 1 aromatic heterocycles. The molecule has 0 aliphatic carbocycles. The van der Waals surface area contributed by atoms with Crippen molar-refractivity contribution in [3.8, 4) is 52.8 Å². The molecule has 9 aromatic rings. The van der Waals surface area contributed by atoms with Crippen LogP contribution in [-0.2, 0) is 21.8 Å². The molecule has 1 unspecified atom stereocenters. The maximum atomic E-state index is 14.0. The van der Waals surface area contributed by atoms with Crippen molar-refractivity contribution >= 4 is 150 Å². The van der Waals surface area contributed by atoms with E-state index in [1.165, 1.54) is 106 Å². The molecule has 0 spiro atoms. The van der Waals surface area contributed by atoms with E-state index in [1.54, 1.807) is 79.7 Å². The molecule has 0 bridgehead atoms. The van der Waals surface area contributed by atoms with E-state index < -0.39 is 22.8 Å². The molecule has 2 heterocycles. The number of aromatic hydroxyl groups is 1. The maximum Gasteiger partial charge on any atom is 0.311 e. The van der Waals surface area contributed by atoms with Gasteiger partial charge in [-0.2, -0.15) is 10.2 Å². The van der Waals surface area contributed by atoms with Gasteiger partial charge in [-0.05, 0) is 105 Å². The molecule has 0 radical (unpaired) electrons. The summed E-state index contributed by atoms with van der Waals surface area (Å²) < 4.78 is 34.4. The van der Waals surface area contributed by atoms with E-state index in [0.29, 0.717) is 88.7 Å². The number of nitrogens with one attached hydrogen (secondary N) is 3. The van der Waals surface area contributed by atoms with Gasteiger partial charge in [-0.25, -0.2) is 10.0 Å². The molecule has 10 rings (SSSR count). The minimum Gasteiger partial charge on any atom is -0.506 e. The average molecular weight is 1610 g/mol. The summed E-state index contributed by atoms with van der Waals surface area (Å²) in [6, 6.07) is 34.0. The monoisotopic (exact) mass is 1600 g/mol. The van der Waals surface area contributed by atoms with Gasteiger partial charge in [0.25, 0.3) is 17.0 Å². The normalized spacial score (nSPS) is 12.9. The highest BCUT2D eigenvalue weighted by molar-refractivity contribution is 7.98. The van der Waals surface area contributed by atoms with Gasteiger partial charge in [-0.15, -0.1) is 10.2 Å². The Balaban J connectivity index is 0.000000249. The number of hydrogen-bond acceptors (Lipinski definition) is 18. The van der Waals surface area contributed by atoms with Gasteiger partial charge < -0.3 is 43.8 Å². The third kappa shape index (κ3) is 22.6. The number of carbonyl (C=O) groups excluding carboxylic acids is 3. The van der Waals surface area contributed by atoms with Gasteiger partial charge in [0.15, 0.2) is 17.3 Å². The Morgan fingerprint density at radius 1 is 0.704 bits per heavy atom. The van der Waals surface area contributed by atoms with Gasteiger partial charge in [-0.1, -0.05) is 232 Å². The molecule has 1 saturated heterocycles. The van der Waals surface area contributed by atoms with Crippen LogP contribution in [-0.4, -0.2) is 69.6 Å². The highest BCUT2D eigenvalue weighted by Gasteiger charge is 2.42. The van der Waals surface area contributed by atoms with Gasteiger partial charge in [-0.3, -0.25) is 29.9 Å². The van der Waals surface area contributed by atoms with Gasteiger partial charge >= 0.3 is 5.69 Å². The van der Waals surface area contributed by atoms with Crippen LogP contribution in [0.15, 0.2) is 152 Å². The molecule has 4 N–H and O–H groups in total. The summed E-state index contributed by atoms with van der Waals surface area (Å²) >= 11 is 39.7. The van der Waals surface area contributed by atoms with Crippen LogP contribution in [0.5, 0.6) is 40.2 Å². The number of nitrogens with zero attached hydrogens (tertiary/aromatic N) is 7. The number of thioether (sulfide) groups is 1. The third-order valence-electron chi connectivity index (χ3n) is 16.8. The summed E-state index contributed by atoms with van der Waals surface area (Å²) in [4.78, 5) is 56.9. The number of benzene rings is 8. The summed E-state index contributed by atoms with van der Waals surface area (Å²) in [5.41, 5.74) is 6.58. The lowest BCUT2D eigenvalue weighted by Crippen LogP contribution is -2.36. The summed E-state index contributed by atoms with van der Waals surface area (Å²) in [5, 5.41) is 47.3. The lowest BCUT2D eigenvalue weighted by Gasteiger charge is -2.21. The van der Waals surface area contributed by atoms with E-state index in [1.807, 2.05) is 45.0 Å². The molecule has 0 saturated carbocycles. The Kier molecular flexibility index (Phi) is 31.5. The molecular formula is C79H80Cl6N10O12S. The highest BCUT2D eigenvalue weighted by Crippen LogP contribution is 2.49. The first-order valence-corrected chi connectivity index (χ1v) is 38.4. The van der Waals surface area contributed by atoms with Crippen LogP contribution in [0.25, 0.3) is 10.8 Å². The molecule has 566 valence electrons. The van der Waals surface area contributed by atoms with Crippen molar-refractivity contribution in [2.75, 3.05) is 35.5 Å². The molecule has 1 aliphatic heterocycles. The van der Waals surface area contributed by atoms with E-state index in [0.717, 1.165) is 34.7 Å². The molecule has 3 amide bonds. The number of terminal acetylenes is 1. The number of unbranched alkanes of at least 4 members (excludes halogenated alkanes) is 11. The van der Waals surface area contributed by atoms with Gasteiger partial charge in [0.2, 0.25) is 23.6 Å². The lowest BCUT2D eigenvalue weighted by molar-refractivity contribution is -0.385. The number of nitro benzene ring substituents is 1. The molecule has 1 fully saturated rings. The van der Waals surface area contributed by atoms with Crippen molar-refractivity contribution in [1.82, 2.24) is 15.6 Å². The number of para-hydroxylation sites is 2. The van der Waals surface area contributed by atoms with E-state index in [9.17, 15) is 29.6 Å². The Bertz CT molecular complexity index is 4760. The second-order valence-corrected chi connectivity index (χ2v) is 28.0. The third-order valence-corrected chi connectivity index (χ3v) is 20.3. The molecule has 1 atom stereocenters. The number of azo groups is 1. The number of phenolic OH excluding ortho intramolecular Hbond substituents is 1. The van der Waals surface area contributed by atoms with Crippen LogP contribution in [0.2, 0.25) is 30.1 Å². The number of amidine groups is 1. The minimum absolute atomic E-state index is 0.0152. The molecule has 108 heavy (non-hydrogen) atoms. The average Bonchev–Trinajstić information content (AvgIpc) is 1.52. The first-order chi connectivity index (χ1) is 52.2. The smallest absolute Gasteiger partial charge is 0.311 e. The molecule has 29 heteroatoms. The van der Waals surface area contributed by atoms with Crippen molar-refractivity contribution in [2.24, 2.45) is 15.2 Å². The standard InChI is InChI=1S/C42H50N4O7S.C37H30Cl6N6O5/c1-3-5-6-7-8-9-10-11-12-13-14-19-26-51-36-23-18-17-22-34(36)43-41(48)33-28-38(31-20-15-16-21-32(31)40(33)47)52-37-25-24-30(27-35(37)46(49)50)29-54-42-45-44-39(4-2)53-42;1-5-52-26-14-11-22(18-27(26)53-6-2)46-47-34-36(48-49(37(34)51)35-32(42)30(40)29(39)31(41)33(35)43)45-24-17-21(10-12-23(24)38)44-28(50)8-7-15-54-25-13-9-19(3)16-20(25)4/h15-18,20-25,27-28,47H,3-14,19,26,29H2,1-2H3,(H,43,48);2,9-14,16-18,34H,5,7-8,15H2,1,3-4H3,(H,44,50)(H,45,48). The molecule has 1 aliphatic rings. The van der Waals surface area contributed by atoms with Crippen LogP contribution in [0.1, 0.15) is 144 Å². The van der Waals surface area contributed by atoms with E-state index in [4.69, 9.17) is 104 Å². The number of carbonyl (C=O) groups is 3. The zero-order valence-corrected chi connectivity index (χ0v) is 65.3. The minimum atomic E-state index is -1.40. The Hall–Kier alpha value is -9.51. The van der Waals surface area contributed by atoms with E-state index >= 15 is 0 Å². The number of hydrazine groups is 1. The fraction of sp³-hybridized carbons (Fsp3) is 0.316. The van der Waals surface area contributed by atoms with Gasteiger partial charge in [0.05, 0.1) is 77.5 Å². The number of fused-ring (bicyclic) bond motifs is 1. The van der Waals surface area contributed by atoms with Crippen LogP contribution in [0.4, 0.5) is 34.1 Å². The number of rotatable bonds is 36. The van der Waals surface area contributed by atoms with E-state index in [2.05, 4.69) is 54.5 Å². The number of halogens is 6. The van der Waals surface area contributed by atoms with Crippen LogP contribution in [0, 0.1) is 36.5 Å². The Labute approximate surface area is 660 Å². The van der Waals surface area contributed by atoms with Crippen molar-refractivity contribution < 1.29 is 52.5 Å². The lowest BCUT2D eigenvalue weighted by atomic mass is 10.0. The molecule has 8 aromatic carbocycles. The number of anilines is 3. The topological polar surface area (TPSA) is 276 Å². The maximum absolute atomic E-state index is 14.0. The summed E-state index contributed by atoms with van der Waals surface area (Å²) in [6.07, 6.45) is 23.8. The Morgan fingerprint density at radius 3 is 2.05 bits per heavy atom. The zero-order chi connectivity index (χ0) is 77.2. The van der Waals surface area contributed by atoms with Gasteiger partial charge in [0, 0.05) is 47.2 Å². The number of amides is 3. The number of aromatic nitrogens is 2. The first-order valence-electron chi connectivity index (χ1n) is 35.2. The number of aryl methyl sites for hydroxylation is 3. The highest BCUT2D eigenvalue weighted by atomic mass is 35.5. The number of hydrogen-bond donors (Lipinski definition) is 4. The van der Waals surface area contributed by atoms with Gasteiger partial charge in [0.1, 0.15) is 34.8 Å². The van der Waals surface area contributed by atoms with Crippen molar-refractivity contribution in [3.63, 3.8) is 0 Å². The van der Waals surface area contributed by atoms with E-state index in [-0.39, 0.29) is 99.6 Å². The predicted octanol–water partition coefficient (Wildman–Crippen LogP) is 22.9. The fourth-order valence-electron chi connectivity index (χ4n) is 11.3. The van der Waals surface area contributed by atoms with Crippen molar-refractivity contribution in [1.29, 1.82) is 0 Å². The van der Waals surface area contributed by atoms with Crippen molar-refractivity contribution in [3.05, 3.63) is 196 Å². The summed E-state index contributed by atoms with van der Waals surface area (Å²) in [7, 11) is 0. The van der Waals surface area contributed by atoms with Crippen LogP contribution >= 0.6 is 81.4 Å². The largest absolute Gasteiger partial charge is 0.506 e. The van der Waals surface area contributed by atoms with Crippen LogP contribution in [0.3, 0.4) is 0 Å². The van der Waals surface area contributed by atoms with Crippen LogP contribution < -0.4 is 44.8 Å². The number of ether oxygens (including phenoxy) is 5. The summed E-state index contributed by atoms with van der Waals surface area (Å²) in [6.45, 7) is 11.2. The zero-order valence-electron chi connectivity index (χ0n) is 60.0. The number of nitro groups is 1. The van der Waals surface area contributed by atoms with Crippen molar-refractivity contribution in [2.45, 2.75) is 148 Å². The molecular weight excluding hydrogens is 1530 g/mol. The Morgan fingerprint density at radius 2 is 1.36 bits per heavy atom. The SMILES string of the molecule is C#COc1cc(N=NC2C(=O)N(c3c(Cl)c(Cl)c(Cl)c(Cl)c3Cl)NC2=Nc2cc(NC(=O)CCCOc3ccc(C)cc3C)ccc2Cl)ccc1OCC.CCCCCCCCCCCCCCOc1ccccc1NC(=O)c1cc(Oc2ccc(CSc3nnc(CC)o3)cc2[N+](=O)[O-])c2ccccc2c1O. The second-order valence-electron chi connectivity index (χ2n) is 24.8. The number of phenols is 1. The summed E-state index contributed by atoms with van der Waals surface area (Å²) in [5.74, 6) is 1.11. The second kappa shape index (κ2) is 41.2.